The lowest BCUT2D eigenvalue weighted by Gasteiger charge is -2.06. The smallest absolute Gasteiger partial charge is 0.324 e. The minimum atomic E-state index is -1.13. The Bertz CT molecular complexity index is 183. The molecular weight excluding hydrogens is 176 g/mol. The highest BCUT2D eigenvalue weighted by molar-refractivity contribution is 5.75. The third-order valence-corrected chi connectivity index (χ3v) is 1.21. The number of hydrogen-bond acceptors (Lipinski definition) is 5. The van der Waals surface area contributed by atoms with Crippen LogP contribution in [-0.2, 0) is 9.53 Å². The van der Waals surface area contributed by atoms with Gasteiger partial charge in [0, 0.05) is 0 Å². The molecule has 0 radical (unpaired) electrons. The van der Waals surface area contributed by atoms with Gasteiger partial charge in [0.25, 0.3) is 0 Å². The number of carboxylic acids is 1. The Morgan fingerprint density at radius 3 is 2.62 bits per heavy atom. The third-order valence-electron chi connectivity index (χ3n) is 1.21. The zero-order chi connectivity index (χ0) is 10.3. The number of hydrogen-bond donors (Lipinski definition) is 4. The Balaban J connectivity index is 3.57. The van der Waals surface area contributed by atoms with Crippen LogP contribution in [0.1, 0.15) is 0 Å². The number of carbonyl (C=O) groups is 1. The number of aliphatic hydroxyl groups excluding tert-OH is 1. The summed E-state index contributed by atoms with van der Waals surface area (Å²) >= 11 is 0. The predicted octanol–water partition coefficient (Wildman–Crippen LogP) is -1.75. The molecular formula is C7H14N2O4. The minimum absolute atomic E-state index is 0.124. The Hall–Kier alpha value is -1.11. The number of nitrogens with two attached hydrogens (primary N) is 2. The van der Waals surface area contributed by atoms with Crippen LogP contribution in [0.25, 0.3) is 0 Å². The lowest BCUT2D eigenvalue weighted by molar-refractivity contribution is -0.137. The molecule has 0 saturated carbocycles. The van der Waals surface area contributed by atoms with Gasteiger partial charge in [-0.3, -0.25) is 4.79 Å². The lowest BCUT2D eigenvalue weighted by Crippen LogP contribution is -2.30. The minimum Gasteiger partial charge on any atom is -0.500 e. The van der Waals surface area contributed by atoms with Crippen LogP contribution in [0, 0.1) is 0 Å². The Kier molecular flexibility index (Phi) is 5.86. The maximum atomic E-state index is 10.2. The average Bonchev–Trinajstić information content (AvgIpc) is 2.11. The summed E-state index contributed by atoms with van der Waals surface area (Å²) in [6.07, 6.45) is 2.35. The molecule has 6 heteroatoms. The van der Waals surface area contributed by atoms with Crippen LogP contribution >= 0.6 is 0 Å². The molecule has 2 atom stereocenters. The molecule has 0 aliphatic rings. The van der Waals surface area contributed by atoms with E-state index in [9.17, 15) is 4.79 Å². The van der Waals surface area contributed by atoms with Crippen molar-refractivity contribution >= 4 is 5.97 Å². The van der Waals surface area contributed by atoms with Crippen molar-refractivity contribution < 1.29 is 19.7 Å². The Morgan fingerprint density at radius 2 is 2.15 bits per heavy atom. The highest BCUT2D eigenvalue weighted by atomic mass is 16.5. The van der Waals surface area contributed by atoms with E-state index in [1.165, 1.54) is 6.08 Å². The number of aliphatic hydroxyl groups is 1. The van der Waals surface area contributed by atoms with Gasteiger partial charge in [-0.2, -0.15) is 0 Å². The van der Waals surface area contributed by atoms with Crippen molar-refractivity contribution in [1.82, 2.24) is 0 Å². The third kappa shape index (κ3) is 6.09. The van der Waals surface area contributed by atoms with Gasteiger partial charge in [-0.15, -0.1) is 0 Å². The molecule has 76 valence electrons. The van der Waals surface area contributed by atoms with Crippen LogP contribution in [0.15, 0.2) is 12.3 Å². The Labute approximate surface area is 75.8 Å². The van der Waals surface area contributed by atoms with E-state index >= 15 is 0 Å². The van der Waals surface area contributed by atoms with E-state index in [0.717, 1.165) is 6.26 Å². The maximum absolute atomic E-state index is 10.2. The number of carboxylic acid groups (broad SMARTS) is 1. The van der Waals surface area contributed by atoms with Gasteiger partial charge in [0.1, 0.15) is 12.6 Å². The summed E-state index contributed by atoms with van der Waals surface area (Å²) < 4.78 is 4.80. The van der Waals surface area contributed by atoms with E-state index in [-0.39, 0.29) is 13.2 Å². The predicted molar refractivity (Wildman–Crippen MR) is 45.8 cm³/mol. The second kappa shape index (κ2) is 6.41. The second-order valence-electron chi connectivity index (χ2n) is 2.47. The molecule has 0 rings (SSSR count). The highest BCUT2D eigenvalue weighted by Gasteiger charge is 2.05. The number of aliphatic carboxylic acids is 1. The molecule has 0 unspecified atom stereocenters. The fraction of sp³-hybridized carbons (Fsp3) is 0.571. The van der Waals surface area contributed by atoms with Crippen molar-refractivity contribution in [3.63, 3.8) is 0 Å². The van der Waals surface area contributed by atoms with E-state index < -0.39 is 18.1 Å². The van der Waals surface area contributed by atoms with Crippen LogP contribution in [0.3, 0.4) is 0 Å². The van der Waals surface area contributed by atoms with Crippen molar-refractivity contribution in [1.29, 1.82) is 0 Å². The highest BCUT2D eigenvalue weighted by Crippen LogP contribution is 1.86. The quantitative estimate of drug-likeness (QED) is 0.369. The zero-order valence-electron chi connectivity index (χ0n) is 7.09. The summed E-state index contributed by atoms with van der Waals surface area (Å²) in [6, 6.07) is -1.55. The van der Waals surface area contributed by atoms with Crippen LogP contribution in [0.4, 0.5) is 0 Å². The van der Waals surface area contributed by atoms with Crippen molar-refractivity contribution in [2.45, 2.75) is 12.1 Å². The molecule has 0 saturated heterocycles. The summed E-state index contributed by atoms with van der Waals surface area (Å²) in [5, 5.41) is 16.8. The van der Waals surface area contributed by atoms with Crippen LogP contribution in [0.5, 0.6) is 0 Å². The van der Waals surface area contributed by atoms with Gasteiger partial charge in [-0.25, -0.2) is 0 Å². The first-order valence-electron chi connectivity index (χ1n) is 3.71. The molecule has 0 fully saturated rings. The summed E-state index contributed by atoms with van der Waals surface area (Å²) in [6.45, 7) is -0.0574. The van der Waals surface area contributed by atoms with Gasteiger partial charge in [0.05, 0.1) is 18.9 Å². The molecule has 0 bridgehead atoms. The number of rotatable bonds is 6. The monoisotopic (exact) mass is 190 g/mol. The van der Waals surface area contributed by atoms with E-state index in [2.05, 4.69) is 0 Å². The molecule has 13 heavy (non-hydrogen) atoms. The van der Waals surface area contributed by atoms with Gasteiger partial charge in [-0.05, 0) is 6.08 Å². The van der Waals surface area contributed by atoms with E-state index in [1.54, 1.807) is 0 Å². The second-order valence-corrected chi connectivity index (χ2v) is 2.47. The zero-order valence-corrected chi connectivity index (χ0v) is 7.09. The molecule has 6 nitrogen and oxygen atoms in total. The molecule has 6 N–H and O–H groups in total. The van der Waals surface area contributed by atoms with Crippen LogP contribution in [0.2, 0.25) is 0 Å². The van der Waals surface area contributed by atoms with Crippen molar-refractivity contribution in [3.05, 3.63) is 12.3 Å². The topological polar surface area (TPSA) is 119 Å². The van der Waals surface area contributed by atoms with Gasteiger partial charge in [-0.1, -0.05) is 0 Å². The molecule has 0 aromatic heterocycles. The molecule has 0 aliphatic carbocycles. The van der Waals surface area contributed by atoms with Crippen molar-refractivity contribution in [2.24, 2.45) is 11.5 Å². The summed E-state index contributed by atoms with van der Waals surface area (Å²) in [5.74, 6) is -1.13. The SMILES string of the molecule is N[C@H](CO)COC=C[C@H](N)C(=O)O. The van der Waals surface area contributed by atoms with Gasteiger partial charge < -0.3 is 26.4 Å². The average molecular weight is 190 g/mol. The normalized spacial score (nSPS) is 15.6. The Morgan fingerprint density at radius 1 is 1.54 bits per heavy atom. The first kappa shape index (κ1) is 11.9. The summed E-state index contributed by atoms with van der Waals surface area (Å²) in [7, 11) is 0. The van der Waals surface area contributed by atoms with Gasteiger partial charge in [0.15, 0.2) is 0 Å². The largest absolute Gasteiger partial charge is 0.500 e. The molecule has 0 aromatic carbocycles. The molecule has 0 spiro atoms. The standard InChI is InChI=1S/C7H14N2O4/c8-5(3-10)4-13-2-1-6(9)7(11)12/h1-2,5-6,10H,3-4,8-9H2,(H,11,12)/t5-,6+/m1/s1. The summed E-state index contributed by atoms with van der Waals surface area (Å²) in [4.78, 5) is 10.2. The fourth-order valence-corrected chi connectivity index (χ4v) is 0.454. The number of ether oxygens (including phenoxy) is 1. The lowest BCUT2D eigenvalue weighted by atomic mass is 10.3. The van der Waals surface area contributed by atoms with Gasteiger partial charge >= 0.3 is 5.97 Å². The molecule has 0 amide bonds. The van der Waals surface area contributed by atoms with Gasteiger partial charge in [0.2, 0.25) is 0 Å². The maximum Gasteiger partial charge on any atom is 0.324 e. The molecule has 0 aromatic rings. The van der Waals surface area contributed by atoms with E-state index in [4.69, 9.17) is 26.4 Å². The first-order valence-corrected chi connectivity index (χ1v) is 3.71. The molecule has 0 heterocycles. The first-order chi connectivity index (χ1) is 6.07. The van der Waals surface area contributed by atoms with Crippen LogP contribution in [-0.4, -0.2) is 41.5 Å². The van der Waals surface area contributed by atoms with E-state index in [1.807, 2.05) is 0 Å². The fourth-order valence-electron chi connectivity index (χ4n) is 0.454. The molecule has 0 aliphatic heterocycles. The van der Waals surface area contributed by atoms with Crippen LogP contribution < -0.4 is 11.5 Å². The van der Waals surface area contributed by atoms with E-state index in [0.29, 0.717) is 0 Å². The van der Waals surface area contributed by atoms with Crippen molar-refractivity contribution in [3.8, 4) is 0 Å². The summed E-state index contributed by atoms with van der Waals surface area (Å²) in [5.41, 5.74) is 10.4. The van der Waals surface area contributed by atoms with Crippen molar-refractivity contribution in [2.75, 3.05) is 13.2 Å².